The Morgan fingerprint density at radius 2 is 0.935 bits per heavy atom. The molecule has 0 atom stereocenters. The molecular weight excluding hydrogens is 568 g/mol. The van der Waals surface area contributed by atoms with Gasteiger partial charge in [0.15, 0.2) is 11.2 Å². The normalized spacial score (nSPS) is 12.0. The third-order valence-electron chi connectivity index (χ3n) is 9.60. The van der Waals surface area contributed by atoms with Crippen LogP contribution in [-0.4, -0.2) is 9.13 Å². The molecule has 224 valence electrons. The van der Waals surface area contributed by atoms with Crippen molar-refractivity contribution in [1.29, 1.82) is 10.5 Å². The molecule has 8 aromatic rings. The molecule has 6 heteroatoms. The number of fused-ring (bicyclic) bond motifs is 12. The molecule has 0 bridgehead atoms. The van der Waals surface area contributed by atoms with Crippen LogP contribution in [0.5, 0.6) is 0 Å². The number of nitrogens with zero attached hydrogens (tertiary/aromatic N) is 4. The first kappa shape index (κ1) is 27.8. The van der Waals surface area contributed by atoms with Gasteiger partial charge in [-0.1, -0.05) is 64.1 Å². The van der Waals surface area contributed by atoms with E-state index in [1.807, 2.05) is 12.1 Å². The Bertz CT molecular complexity index is 2560. The first-order valence-electron chi connectivity index (χ1n) is 15.7. The predicted octanol–water partition coefficient (Wildman–Crippen LogP) is 10.7. The second kappa shape index (κ2) is 9.89. The number of hydrogen-bond acceptors (Lipinski definition) is 4. The molecule has 0 saturated carbocycles. The van der Waals surface area contributed by atoms with Gasteiger partial charge in [0.25, 0.3) is 0 Å². The van der Waals surface area contributed by atoms with Crippen molar-refractivity contribution in [3.05, 3.63) is 95.1 Å². The van der Waals surface area contributed by atoms with E-state index >= 15 is 0 Å². The number of para-hydroxylation sites is 2. The highest BCUT2D eigenvalue weighted by Crippen LogP contribution is 2.44. The van der Waals surface area contributed by atoms with Crippen molar-refractivity contribution in [3.8, 4) is 12.1 Å². The Morgan fingerprint density at radius 1 is 0.543 bits per heavy atom. The van der Waals surface area contributed by atoms with Gasteiger partial charge in [-0.3, -0.25) is 0 Å². The summed E-state index contributed by atoms with van der Waals surface area (Å²) in [7, 11) is 4.17. The third kappa shape index (κ3) is 3.56. The highest BCUT2D eigenvalue weighted by molar-refractivity contribution is 6.29. The van der Waals surface area contributed by atoms with E-state index in [9.17, 15) is 10.5 Å². The van der Waals surface area contributed by atoms with Crippen molar-refractivity contribution in [1.82, 2.24) is 9.13 Å². The summed E-state index contributed by atoms with van der Waals surface area (Å²) in [5.41, 5.74) is 8.48. The van der Waals surface area contributed by atoms with Gasteiger partial charge in [-0.25, -0.2) is 0 Å². The fraction of sp³-hybridized carbons (Fsp3) is 0.200. The largest absolute Gasteiger partial charge is 0.451 e. The zero-order valence-corrected chi connectivity index (χ0v) is 26.7. The minimum absolute atomic E-state index is 0.0127. The van der Waals surface area contributed by atoms with Crippen LogP contribution in [0.3, 0.4) is 0 Å². The standard InChI is InChI=1S/C40H32N4O2/c1-21(2)33-27(19-41)39-40(28(20-42)34(33)22(3)4)46-32-18-16-26-24-12-8-10-14-30(24)44(6)38(26)36(32)35-31(45-39)17-15-25-23-11-7-9-13-29(23)43(5)37(25)35/h7-18,21-22H,1-6H3. The molecule has 8 rings (SSSR count). The lowest BCUT2D eigenvalue weighted by molar-refractivity contribution is 0.613. The van der Waals surface area contributed by atoms with Gasteiger partial charge in [0.1, 0.15) is 34.4 Å². The average Bonchev–Trinajstić information content (AvgIpc) is 3.50. The van der Waals surface area contributed by atoms with E-state index in [2.05, 4.69) is 124 Å². The topological polar surface area (TPSA) is 83.7 Å². The van der Waals surface area contributed by atoms with Crippen LogP contribution >= 0.6 is 0 Å². The summed E-state index contributed by atoms with van der Waals surface area (Å²) >= 11 is 0. The molecule has 0 amide bonds. The van der Waals surface area contributed by atoms with Gasteiger partial charge < -0.3 is 18.0 Å². The molecule has 3 heterocycles. The molecule has 0 fully saturated rings. The van der Waals surface area contributed by atoms with E-state index < -0.39 is 0 Å². The number of nitriles is 2. The van der Waals surface area contributed by atoms with Crippen molar-refractivity contribution in [2.75, 3.05) is 0 Å². The second-order valence-corrected chi connectivity index (χ2v) is 12.8. The average molecular weight is 601 g/mol. The Kier molecular flexibility index (Phi) is 5.98. The molecule has 6 nitrogen and oxygen atoms in total. The van der Waals surface area contributed by atoms with Crippen LogP contribution in [0.25, 0.3) is 76.7 Å². The van der Waals surface area contributed by atoms with Gasteiger partial charge in [-0.15, -0.1) is 0 Å². The highest BCUT2D eigenvalue weighted by Gasteiger charge is 2.27. The number of benzene rings is 5. The summed E-state index contributed by atoms with van der Waals surface area (Å²) in [5, 5.41) is 27.6. The number of rotatable bonds is 2. The summed E-state index contributed by atoms with van der Waals surface area (Å²) in [6, 6.07) is 29.9. The summed E-state index contributed by atoms with van der Waals surface area (Å²) in [6.07, 6.45) is 0. The van der Waals surface area contributed by atoms with Crippen molar-refractivity contribution in [2.45, 2.75) is 39.5 Å². The maximum absolute atomic E-state index is 10.7. The van der Waals surface area contributed by atoms with E-state index in [0.29, 0.717) is 22.3 Å². The van der Waals surface area contributed by atoms with Gasteiger partial charge in [0.2, 0.25) is 0 Å². The lowest BCUT2D eigenvalue weighted by Gasteiger charge is -2.20. The Balaban J connectivity index is 1.78. The van der Waals surface area contributed by atoms with Crippen molar-refractivity contribution in [2.24, 2.45) is 14.1 Å². The first-order chi connectivity index (χ1) is 22.3. The number of hydrogen-bond donors (Lipinski definition) is 0. The zero-order valence-electron chi connectivity index (χ0n) is 26.7. The molecule has 0 aliphatic rings. The number of aryl methyl sites for hydroxylation is 2. The van der Waals surface area contributed by atoms with E-state index in [-0.39, 0.29) is 23.0 Å². The zero-order chi connectivity index (χ0) is 32.0. The van der Waals surface area contributed by atoms with Gasteiger partial charge in [-0.2, -0.15) is 10.5 Å². The predicted molar refractivity (Wildman–Crippen MR) is 187 cm³/mol. The number of aromatic nitrogens is 2. The Morgan fingerprint density at radius 3 is 1.30 bits per heavy atom. The smallest absolute Gasteiger partial charge is 0.189 e. The van der Waals surface area contributed by atoms with Crippen LogP contribution in [0.4, 0.5) is 0 Å². The lowest BCUT2D eigenvalue weighted by Crippen LogP contribution is -2.06. The molecule has 5 aromatic carbocycles. The molecule has 0 saturated heterocycles. The minimum atomic E-state index is -0.0127. The van der Waals surface area contributed by atoms with Gasteiger partial charge in [-0.05, 0) is 59.4 Å². The molecule has 0 N–H and O–H groups in total. The summed E-state index contributed by atoms with van der Waals surface area (Å²) < 4.78 is 18.3. The van der Waals surface area contributed by atoms with E-state index in [1.54, 1.807) is 0 Å². The first-order valence-corrected chi connectivity index (χ1v) is 15.7. The fourth-order valence-electron chi connectivity index (χ4n) is 7.74. The third-order valence-corrected chi connectivity index (χ3v) is 9.60. The highest BCUT2D eigenvalue weighted by atomic mass is 16.4. The molecule has 46 heavy (non-hydrogen) atoms. The maximum Gasteiger partial charge on any atom is 0.189 e. The van der Waals surface area contributed by atoms with Gasteiger partial charge in [0, 0.05) is 46.7 Å². The Labute approximate surface area is 265 Å². The quantitative estimate of drug-likeness (QED) is 0.198. The van der Waals surface area contributed by atoms with Crippen LogP contribution in [-0.2, 0) is 14.1 Å². The molecular formula is C40H32N4O2. The lowest BCUT2D eigenvalue weighted by atomic mass is 9.83. The van der Waals surface area contributed by atoms with Crippen LogP contribution in [0.15, 0.2) is 81.6 Å². The molecule has 0 aliphatic carbocycles. The van der Waals surface area contributed by atoms with Crippen molar-refractivity contribution < 1.29 is 8.83 Å². The van der Waals surface area contributed by atoms with E-state index in [4.69, 9.17) is 8.83 Å². The van der Waals surface area contributed by atoms with Crippen LogP contribution in [0.1, 0.15) is 61.8 Å². The van der Waals surface area contributed by atoms with Gasteiger partial charge >= 0.3 is 0 Å². The fourth-order valence-corrected chi connectivity index (χ4v) is 7.74. The molecule has 0 unspecified atom stereocenters. The molecule has 3 aromatic heterocycles. The summed E-state index contributed by atoms with van der Waals surface area (Å²) in [5.74, 6) is -0.0253. The van der Waals surface area contributed by atoms with Crippen molar-refractivity contribution >= 4 is 76.7 Å². The second-order valence-electron chi connectivity index (χ2n) is 12.8. The minimum Gasteiger partial charge on any atom is -0.451 e. The van der Waals surface area contributed by atoms with Gasteiger partial charge in [0.05, 0.1) is 21.8 Å². The van der Waals surface area contributed by atoms with Crippen LogP contribution < -0.4 is 0 Å². The molecule has 0 aliphatic heterocycles. The summed E-state index contributed by atoms with van der Waals surface area (Å²) in [6.45, 7) is 8.22. The van der Waals surface area contributed by atoms with Crippen LogP contribution in [0, 0.1) is 22.7 Å². The summed E-state index contributed by atoms with van der Waals surface area (Å²) in [4.78, 5) is 0. The Hall–Kier alpha value is -5.72. The van der Waals surface area contributed by atoms with Crippen LogP contribution in [0.2, 0.25) is 0 Å². The van der Waals surface area contributed by atoms with Crippen molar-refractivity contribution in [3.63, 3.8) is 0 Å². The molecule has 0 spiro atoms. The van der Waals surface area contributed by atoms with E-state index in [0.717, 1.165) is 65.5 Å². The molecule has 0 radical (unpaired) electrons. The van der Waals surface area contributed by atoms with E-state index in [1.165, 1.54) is 0 Å². The monoisotopic (exact) mass is 600 g/mol. The maximum atomic E-state index is 10.7. The SMILES string of the molecule is CC(C)c1c(C(C)C)c(C#N)c2oc3ccc4c5ccccc5n(C)c4c3c3c(ccc4c5ccccc5n(C)c43)oc2c1C#N.